The van der Waals surface area contributed by atoms with Gasteiger partial charge in [-0.15, -0.1) is 0 Å². The van der Waals surface area contributed by atoms with Gasteiger partial charge in [0.25, 0.3) is 0 Å². The van der Waals surface area contributed by atoms with E-state index in [2.05, 4.69) is 15.3 Å². The molecule has 0 radical (unpaired) electrons. The molecule has 1 aliphatic rings. The van der Waals surface area contributed by atoms with Crippen LogP contribution in [0.5, 0.6) is 0 Å². The van der Waals surface area contributed by atoms with E-state index >= 15 is 0 Å². The first-order valence-electron chi connectivity index (χ1n) is 5.29. The van der Waals surface area contributed by atoms with Crippen LogP contribution in [0.3, 0.4) is 0 Å². The Balaban J connectivity index is 2.07. The molecule has 0 unspecified atom stereocenters. The molecule has 0 saturated heterocycles. The normalized spacial score (nSPS) is 16.0. The highest BCUT2D eigenvalue weighted by atomic mass is 16.4. The van der Waals surface area contributed by atoms with E-state index < -0.39 is 11.4 Å². The average molecular weight is 232 g/mol. The summed E-state index contributed by atoms with van der Waals surface area (Å²) >= 11 is 0. The quantitative estimate of drug-likeness (QED) is 0.801. The molecule has 6 nitrogen and oxygen atoms in total. The number of hydrogen-bond donors (Lipinski definition) is 2. The Hall–Kier alpha value is -2.16. The Morgan fingerprint density at radius 3 is 2.88 bits per heavy atom. The standard InChI is InChI=1S/C11H12N4O2/c1-7-4-8(5-12)15-10(14-7)13-6-11(2-3-11)9(16)17/h4H,2-3,6H2,1H3,(H,16,17)(H,13,14,15). The van der Waals surface area contributed by atoms with Crippen LogP contribution in [-0.2, 0) is 4.79 Å². The van der Waals surface area contributed by atoms with Crippen molar-refractivity contribution in [3.8, 4) is 6.07 Å². The van der Waals surface area contributed by atoms with Crippen molar-refractivity contribution in [3.63, 3.8) is 0 Å². The number of carboxylic acid groups (broad SMARTS) is 1. The van der Waals surface area contributed by atoms with E-state index in [1.54, 1.807) is 13.0 Å². The van der Waals surface area contributed by atoms with Crippen LogP contribution in [0.15, 0.2) is 6.07 Å². The molecule has 0 atom stereocenters. The minimum absolute atomic E-state index is 0.278. The molecule has 17 heavy (non-hydrogen) atoms. The summed E-state index contributed by atoms with van der Waals surface area (Å²) in [6.07, 6.45) is 1.35. The zero-order valence-electron chi connectivity index (χ0n) is 9.40. The van der Waals surface area contributed by atoms with Gasteiger partial charge < -0.3 is 10.4 Å². The Bertz CT molecular complexity index is 503. The van der Waals surface area contributed by atoms with Gasteiger partial charge in [-0.1, -0.05) is 0 Å². The van der Waals surface area contributed by atoms with Crippen LogP contribution in [0.25, 0.3) is 0 Å². The van der Waals surface area contributed by atoms with Crippen molar-refractivity contribution in [1.29, 1.82) is 5.26 Å². The van der Waals surface area contributed by atoms with E-state index in [0.29, 0.717) is 31.0 Å². The number of nitrogens with zero attached hydrogens (tertiary/aromatic N) is 3. The van der Waals surface area contributed by atoms with Gasteiger partial charge >= 0.3 is 5.97 Å². The molecule has 0 aliphatic heterocycles. The Morgan fingerprint density at radius 1 is 1.65 bits per heavy atom. The van der Waals surface area contributed by atoms with E-state index in [4.69, 9.17) is 10.4 Å². The largest absolute Gasteiger partial charge is 0.481 e. The van der Waals surface area contributed by atoms with Crippen molar-refractivity contribution in [3.05, 3.63) is 17.5 Å². The van der Waals surface area contributed by atoms with Crippen molar-refractivity contribution >= 4 is 11.9 Å². The van der Waals surface area contributed by atoms with Crippen LogP contribution in [0.2, 0.25) is 0 Å². The van der Waals surface area contributed by atoms with Gasteiger partial charge in [-0.25, -0.2) is 9.97 Å². The summed E-state index contributed by atoms with van der Waals surface area (Å²) in [5.41, 5.74) is 0.291. The number of anilines is 1. The first-order valence-corrected chi connectivity index (χ1v) is 5.29. The topological polar surface area (TPSA) is 98.9 Å². The lowest BCUT2D eigenvalue weighted by atomic mass is 10.1. The van der Waals surface area contributed by atoms with Crippen molar-refractivity contribution < 1.29 is 9.90 Å². The van der Waals surface area contributed by atoms with Crippen LogP contribution in [0.1, 0.15) is 24.2 Å². The molecule has 0 bridgehead atoms. The molecule has 0 amide bonds. The van der Waals surface area contributed by atoms with Gasteiger partial charge in [0.2, 0.25) is 5.95 Å². The summed E-state index contributed by atoms with van der Waals surface area (Å²) in [7, 11) is 0. The highest BCUT2D eigenvalue weighted by molar-refractivity contribution is 5.78. The maximum absolute atomic E-state index is 11.0. The van der Waals surface area contributed by atoms with E-state index in [0.717, 1.165) is 0 Å². The minimum atomic E-state index is -0.793. The number of carbonyl (C=O) groups is 1. The minimum Gasteiger partial charge on any atom is -0.481 e. The summed E-state index contributed by atoms with van der Waals surface area (Å²) in [4.78, 5) is 19.0. The number of hydrogen-bond acceptors (Lipinski definition) is 5. The monoisotopic (exact) mass is 232 g/mol. The smallest absolute Gasteiger partial charge is 0.311 e. The second-order valence-corrected chi connectivity index (χ2v) is 4.27. The van der Waals surface area contributed by atoms with Crippen LogP contribution >= 0.6 is 0 Å². The van der Waals surface area contributed by atoms with Gasteiger partial charge in [0.1, 0.15) is 11.8 Å². The molecule has 2 rings (SSSR count). The Kier molecular flexibility index (Phi) is 2.68. The molecule has 1 fully saturated rings. The molecule has 1 aliphatic carbocycles. The van der Waals surface area contributed by atoms with Crippen LogP contribution in [0.4, 0.5) is 5.95 Å². The van der Waals surface area contributed by atoms with E-state index in [1.807, 2.05) is 6.07 Å². The fourth-order valence-corrected chi connectivity index (χ4v) is 1.57. The summed E-state index contributed by atoms with van der Waals surface area (Å²) in [6.45, 7) is 2.06. The van der Waals surface area contributed by atoms with Crippen molar-refractivity contribution in [2.45, 2.75) is 19.8 Å². The molecule has 88 valence electrons. The second-order valence-electron chi connectivity index (χ2n) is 4.27. The van der Waals surface area contributed by atoms with Gasteiger partial charge in [0.05, 0.1) is 5.41 Å². The van der Waals surface area contributed by atoms with Gasteiger partial charge in [0, 0.05) is 12.2 Å². The number of nitriles is 1. The maximum atomic E-state index is 11.0. The second kappa shape index (κ2) is 4.01. The average Bonchev–Trinajstić information content (AvgIpc) is 3.06. The highest BCUT2D eigenvalue weighted by Gasteiger charge is 2.50. The van der Waals surface area contributed by atoms with Crippen LogP contribution in [0, 0.1) is 23.7 Å². The third kappa shape index (κ3) is 2.33. The molecular weight excluding hydrogens is 220 g/mol. The molecule has 1 aromatic heterocycles. The van der Waals surface area contributed by atoms with Gasteiger partial charge in [-0.3, -0.25) is 4.79 Å². The van der Waals surface area contributed by atoms with Gasteiger partial charge in [0.15, 0.2) is 0 Å². The molecular formula is C11H12N4O2. The highest BCUT2D eigenvalue weighted by Crippen LogP contribution is 2.45. The SMILES string of the molecule is Cc1cc(C#N)nc(NCC2(C(=O)O)CC2)n1. The summed E-state index contributed by atoms with van der Waals surface area (Å²) < 4.78 is 0. The van der Waals surface area contributed by atoms with E-state index in [9.17, 15) is 4.79 Å². The van der Waals surface area contributed by atoms with E-state index in [1.165, 1.54) is 0 Å². The van der Waals surface area contributed by atoms with Crippen molar-refractivity contribution in [2.75, 3.05) is 11.9 Å². The summed E-state index contributed by atoms with van der Waals surface area (Å²) in [5, 5.41) is 20.6. The predicted molar refractivity (Wildman–Crippen MR) is 59.3 cm³/mol. The van der Waals surface area contributed by atoms with Gasteiger partial charge in [-0.2, -0.15) is 5.26 Å². The van der Waals surface area contributed by atoms with Crippen molar-refractivity contribution in [2.24, 2.45) is 5.41 Å². The summed E-state index contributed by atoms with van der Waals surface area (Å²) in [5.74, 6) is -0.479. The first kappa shape index (κ1) is 11.3. The first-order chi connectivity index (χ1) is 8.05. The summed E-state index contributed by atoms with van der Waals surface area (Å²) in [6, 6.07) is 3.51. The van der Waals surface area contributed by atoms with Crippen LogP contribution in [-0.4, -0.2) is 27.6 Å². The van der Waals surface area contributed by atoms with Crippen molar-refractivity contribution in [1.82, 2.24) is 9.97 Å². The molecule has 1 aromatic rings. The number of nitrogens with one attached hydrogen (secondary N) is 1. The molecule has 6 heteroatoms. The Labute approximate surface area is 98.3 Å². The number of aryl methyl sites for hydroxylation is 1. The number of aromatic nitrogens is 2. The Morgan fingerprint density at radius 2 is 2.35 bits per heavy atom. The molecule has 1 heterocycles. The third-order valence-corrected chi connectivity index (χ3v) is 2.86. The molecule has 0 spiro atoms. The molecule has 1 saturated carbocycles. The molecule has 0 aromatic carbocycles. The molecule has 2 N–H and O–H groups in total. The van der Waals surface area contributed by atoms with Gasteiger partial charge in [-0.05, 0) is 25.8 Å². The number of carboxylic acids is 1. The maximum Gasteiger partial charge on any atom is 0.311 e. The number of aliphatic carboxylic acids is 1. The zero-order valence-corrected chi connectivity index (χ0v) is 9.40. The van der Waals surface area contributed by atoms with E-state index in [-0.39, 0.29) is 5.69 Å². The third-order valence-electron chi connectivity index (χ3n) is 2.86. The zero-order chi connectivity index (χ0) is 12.5. The predicted octanol–water partition coefficient (Wildman–Crippen LogP) is 0.933. The fraction of sp³-hybridized carbons (Fsp3) is 0.455. The fourth-order valence-electron chi connectivity index (χ4n) is 1.57. The van der Waals surface area contributed by atoms with Crippen LogP contribution < -0.4 is 5.32 Å². The lowest BCUT2D eigenvalue weighted by molar-refractivity contribution is -0.142. The lowest BCUT2D eigenvalue weighted by Crippen LogP contribution is -2.25. The number of rotatable bonds is 4. The lowest BCUT2D eigenvalue weighted by Gasteiger charge is -2.11.